The predicted molar refractivity (Wildman–Crippen MR) is 89.0 cm³/mol. The molecule has 1 aliphatic heterocycles. The fourth-order valence-corrected chi connectivity index (χ4v) is 3.13. The Labute approximate surface area is 133 Å². The van der Waals surface area contributed by atoms with Crippen molar-refractivity contribution >= 4 is 6.03 Å². The summed E-state index contributed by atoms with van der Waals surface area (Å²) in [6.45, 7) is 8.19. The molecule has 0 saturated carbocycles. The quantitative estimate of drug-likeness (QED) is 0.898. The van der Waals surface area contributed by atoms with E-state index in [1.165, 1.54) is 16.7 Å². The second-order valence-corrected chi connectivity index (χ2v) is 6.48. The topological polar surface area (TPSA) is 52.6 Å². The Hall–Kier alpha value is -1.55. The van der Waals surface area contributed by atoms with E-state index in [0.29, 0.717) is 12.5 Å². The van der Waals surface area contributed by atoms with Gasteiger partial charge in [0, 0.05) is 19.6 Å². The Morgan fingerprint density at radius 3 is 2.64 bits per heavy atom. The van der Waals surface area contributed by atoms with E-state index in [2.05, 4.69) is 37.4 Å². The molecule has 1 aromatic rings. The van der Waals surface area contributed by atoms with Crippen LogP contribution in [0.5, 0.6) is 0 Å². The monoisotopic (exact) mass is 304 g/mol. The van der Waals surface area contributed by atoms with Gasteiger partial charge in [-0.05, 0) is 57.1 Å². The number of likely N-dealkylation sites (tertiary alicyclic amines) is 1. The molecular weight excluding hydrogens is 276 g/mol. The van der Waals surface area contributed by atoms with Gasteiger partial charge in [0.25, 0.3) is 0 Å². The number of aryl methyl sites for hydroxylation is 2. The molecule has 1 atom stereocenters. The summed E-state index contributed by atoms with van der Waals surface area (Å²) >= 11 is 0. The van der Waals surface area contributed by atoms with Crippen LogP contribution in [0.25, 0.3) is 0 Å². The molecule has 2 N–H and O–H groups in total. The summed E-state index contributed by atoms with van der Waals surface area (Å²) in [5, 5.41) is 12.6. The van der Waals surface area contributed by atoms with Crippen LogP contribution in [-0.2, 0) is 6.42 Å². The maximum Gasteiger partial charge on any atom is 0.317 e. The van der Waals surface area contributed by atoms with E-state index in [4.69, 9.17) is 0 Å². The van der Waals surface area contributed by atoms with E-state index in [-0.39, 0.29) is 12.1 Å². The number of nitrogens with zero attached hydrogens (tertiary/aromatic N) is 1. The maximum absolute atomic E-state index is 12.2. The highest BCUT2D eigenvalue weighted by molar-refractivity contribution is 5.74. The first-order valence-electron chi connectivity index (χ1n) is 8.24. The number of benzene rings is 1. The molecule has 1 aliphatic rings. The highest BCUT2D eigenvalue weighted by atomic mass is 16.3. The van der Waals surface area contributed by atoms with Crippen LogP contribution >= 0.6 is 0 Å². The number of amides is 2. The molecule has 0 aliphatic carbocycles. The second kappa shape index (κ2) is 7.63. The van der Waals surface area contributed by atoms with Crippen LogP contribution in [-0.4, -0.2) is 41.8 Å². The SMILES string of the molecule is Cc1ccc(CCNC(=O)N2CCC(C(C)O)CC2)c(C)c1. The highest BCUT2D eigenvalue weighted by Crippen LogP contribution is 2.20. The first-order chi connectivity index (χ1) is 10.5. The van der Waals surface area contributed by atoms with E-state index >= 15 is 0 Å². The smallest absolute Gasteiger partial charge is 0.317 e. The molecule has 4 heteroatoms. The van der Waals surface area contributed by atoms with Crippen LogP contribution in [0.3, 0.4) is 0 Å². The van der Waals surface area contributed by atoms with Crippen molar-refractivity contribution in [3.8, 4) is 0 Å². The molecule has 4 nitrogen and oxygen atoms in total. The van der Waals surface area contributed by atoms with Crippen molar-refractivity contribution in [2.75, 3.05) is 19.6 Å². The number of nitrogens with one attached hydrogen (secondary N) is 1. The van der Waals surface area contributed by atoms with Crippen molar-refractivity contribution in [3.05, 3.63) is 34.9 Å². The lowest BCUT2D eigenvalue weighted by Crippen LogP contribution is -2.46. The molecule has 0 aromatic heterocycles. The number of piperidine rings is 1. The normalized spacial score (nSPS) is 17.4. The van der Waals surface area contributed by atoms with Crippen LogP contribution in [0.4, 0.5) is 4.79 Å². The number of hydrogen-bond acceptors (Lipinski definition) is 2. The Bertz CT molecular complexity index is 506. The molecule has 122 valence electrons. The van der Waals surface area contributed by atoms with Gasteiger partial charge in [-0.3, -0.25) is 0 Å². The van der Waals surface area contributed by atoms with Crippen molar-refractivity contribution in [2.45, 2.75) is 46.1 Å². The number of carbonyl (C=O) groups excluding carboxylic acids is 1. The molecule has 1 fully saturated rings. The zero-order valence-corrected chi connectivity index (χ0v) is 13.9. The first kappa shape index (κ1) is 16.8. The predicted octanol–water partition coefficient (Wildman–Crippen LogP) is 2.65. The third-order valence-electron chi connectivity index (χ3n) is 4.68. The third kappa shape index (κ3) is 4.47. The van der Waals surface area contributed by atoms with Gasteiger partial charge in [-0.25, -0.2) is 4.79 Å². The number of hydrogen-bond donors (Lipinski definition) is 2. The zero-order chi connectivity index (χ0) is 16.1. The van der Waals surface area contributed by atoms with E-state index in [1.807, 2.05) is 11.8 Å². The third-order valence-corrected chi connectivity index (χ3v) is 4.68. The van der Waals surface area contributed by atoms with Crippen LogP contribution in [0.1, 0.15) is 36.5 Å². The van der Waals surface area contributed by atoms with Gasteiger partial charge in [0.1, 0.15) is 0 Å². The Morgan fingerprint density at radius 1 is 1.36 bits per heavy atom. The van der Waals surface area contributed by atoms with Crippen molar-refractivity contribution in [1.29, 1.82) is 0 Å². The fraction of sp³-hybridized carbons (Fsp3) is 0.611. The van der Waals surface area contributed by atoms with E-state index < -0.39 is 0 Å². The summed E-state index contributed by atoms with van der Waals surface area (Å²) in [7, 11) is 0. The lowest BCUT2D eigenvalue weighted by Gasteiger charge is -2.33. The standard InChI is InChI=1S/C18H28N2O2/c1-13-4-5-16(14(2)12-13)6-9-19-18(22)20-10-7-17(8-11-20)15(3)21/h4-5,12,15,17,21H,6-11H2,1-3H3,(H,19,22). The lowest BCUT2D eigenvalue weighted by atomic mass is 9.92. The van der Waals surface area contributed by atoms with Crippen molar-refractivity contribution < 1.29 is 9.90 Å². The van der Waals surface area contributed by atoms with Crippen LogP contribution in [0.15, 0.2) is 18.2 Å². The summed E-state index contributed by atoms with van der Waals surface area (Å²) < 4.78 is 0. The van der Waals surface area contributed by atoms with Crippen molar-refractivity contribution in [2.24, 2.45) is 5.92 Å². The van der Waals surface area contributed by atoms with Gasteiger partial charge in [0.15, 0.2) is 0 Å². The van der Waals surface area contributed by atoms with Gasteiger partial charge in [0.05, 0.1) is 6.10 Å². The van der Waals surface area contributed by atoms with E-state index in [1.54, 1.807) is 0 Å². The number of rotatable bonds is 4. The molecule has 1 aromatic carbocycles. The fourth-order valence-electron chi connectivity index (χ4n) is 3.13. The number of aliphatic hydroxyl groups is 1. The summed E-state index contributed by atoms with van der Waals surface area (Å²) in [6.07, 6.45) is 2.38. The maximum atomic E-state index is 12.2. The zero-order valence-electron chi connectivity index (χ0n) is 13.9. The number of carbonyl (C=O) groups is 1. The van der Waals surface area contributed by atoms with Crippen molar-refractivity contribution in [1.82, 2.24) is 10.2 Å². The summed E-state index contributed by atoms with van der Waals surface area (Å²) in [6, 6.07) is 6.46. The molecule has 1 heterocycles. The molecule has 1 unspecified atom stereocenters. The molecule has 2 amide bonds. The number of aliphatic hydroxyl groups excluding tert-OH is 1. The minimum Gasteiger partial charge on any atom is -0.393 e. The molecule has 0 spiro atoms. The second-order valence-electron chi connectivity index (χ2n) is 6.48. The van der Waals surface area contributed by atoms with Gasteiger partial charge < -0.3 is 15.3 Å². The minimum absolute atomic E-state index is 0.0220. The molecular formula is C18H28N2O2. The molecule has 0 radical (unpaired) electrons. The Kier molecular flexibility index (Phi) is 5.83. The summed E-state index contributed by atoms with van der Waals surface area (Å²) in [4.78, 5) is 14.0. The minimum atomic E-state index is -0.269. The van der Waals surface area contributed by atoms with Gasteiger partial charge >= 0.3 is 6.03 Å². The van der Waals surface area contributed by atoms with Crippen LogP contribution < -0.4 is 5.32 Å². The molecule has 0 bridgehead atoms. The van der Waals surface area contributed by atoms with Gasteiger partial charge in [-0.2, -0.15) is 0 Å². The van der Waals surface area contributed by atoms with Crippen LogP contribution in [0.2, 0.25) is 0 Å². The average molecular weight is 304 g/mol. The van der Waals surface area contributed by atoms with Crippen molar-refractivity contribution in [3.63, 3.8) is 0 Å². The molecule has 2 rings (SSSR count). The molecule has 1 saturated heterocycles. The Morgan fingerprint density at radius 2 is 2.05 bits per heavy atom. The summed E-state index contributed by atoms with van der Waals surface area (Å²) in [5.74, 6) is 0.333. The largest absolute Gasteiger partial charge is 0.393 e. The number of urea groups is 1. The Balaban J connectivity index is 1.74. The van der Waals surface area contributed by atoms with Gasteiger partial charge in [0.2, 0.25) is 0 Å². The lowest BCUT2D eigenvalue weighted by molar-refractivity contribution is 0.0799. The van der Waals surface area contributed by atoms with E-state index in [9.17, 15) is 9.90 Å². The van der Waals surface area contributed by atoms with Gasteiger partial charge in [-0.15, -0.1) is 0 Å². The first-order valence-corrected chi connectivity index (χ1v) is 8.24. The summed E-state index contributed by atoms with van der Waals surface area (Å²) in [5.41, 5.74) is 3.84. The molecule has 22 heavy (non-hydrogen) atoms. The highest BCUT2D eigenvalue weighted by Gasteiger charge is 2.25. The average Bonchev–Trinajstić information content (AvgIpc) is 2.49. The van der Waals surface area contributed by atoms with Crippen LogP contribution in [0, 0.1) is 19.8 Å². The van der Waals surface area contributed by atoms with Gasteiger partial charge in [-0.1, -0.05) is 23.8 Å². The van der Waals surface area contributed by atoms with E-state index in [0.717, 1.165) is 32.4 Å².